The summed E-state index contributed by atoms with van der Waals surface area (Å²) in [5.41, 5.74) is 3.56. The Kier molecular flexibility index (Phi) is 4.14. The molecule has 0 amide bonds. The number of anilines is 1. The minimum atomic E-state index is -0.817. The summed E-state index contributed by atoms with van der Waals surface area (Å²) in [4.78, 5) is 19.5. The highest BCUT2D eigenvalue weighted by atomic mass is 19.1. The highest BCUT2D eigenvalue weighted by Crippen LogP contribution is 2.48. The predicted molar refractivity (Wildman–Crippen MR) is 105 cm³/mol. The molecule has 6 heteroatoms. The molecule has 2 unspecified atom stereocenters. The maximum Gasteiger partial charge on any atom is 0.157 e. The zero-order chi connectivity index (χ0) is 19.3. The van der Waals surface area contributed by atoms with Gasteiger partial charge in [0.15, 0.2) is 5.65 Å². The molecule has 3 aromatic rings. The molecule has 1 aromatic carbocycles. The van der Waals surface area contributed by atoms with Crippen LogP contribution in [-0.4, -0.2) is 39.6 Å². The summed E-state index contributed by atoms with van der Waals surface area (Å²) >= 11 is 0. The van der Waals surface area contributed by atoms with Crippen LogP contribution in [0, 0.1) is 12.8 Å². The molecule has 3 atom stereocenters. The fraction of sp³-hybridized carbons (Fsp3) is 0.409. The summed E-state index contributed by atoms with van der Waals surface area (Å²) in [7, 11) is 0. The number of carbonyl (C=O) groups is 1. The van der Waals surface area contributed by atoms with Gasteiger partial charge in [-0.05, 0) is 31.2 Å². The number of fused-ring (bicyclic) bond motifs is 1. The summed E-state index contributed by atoms with van der Waals surface area (Å²) in [6.45, 7) is 2.94. The van der Waals surface area contributed by atoms with Gasteiger partial charge in [0.1, 0.15) is 17.8 Å². The highest BCUT2D eigenvalue weighted by molar-refractivity contribution is 5.87. The largest absolute Gasteiger partial charge is 0.353 e. The molecule has 3 heterocycles. The molecule has 1 saturated heterocycles. The van der Waals surface area contributed by atoms with Crippen LogP contribution < -0.4 is 4.90 Å². The first kappa shape index (κ1) is 17.3. The number of carbonyl (C=O) groups excluding carboxylic acids is 1. The van der Waals surface area contributed by atoms with Crippen LogP contribution >= 0.6 is 0 Å². The molecule has 0 radical (unpaired) electrons. The van der Waals surface area contributed by atoms with Crippen molar-refractivity contribution in [3.05, 3.63) is 59.4 Å². The van der Waals surface area contributed by atoms with E-state index in [-0.39, 0.29) is 11.7 Å². The monoisotopic (exact) mass is 378 g/mol. The molecule has 0 N–H and O–H groups in total. The molecular weight excluding hydrogens is 355 g/mol. The smallest absolute Gasteiger partial charge is 0.157 e. The molecule has 2 aliphatic rings. The lowest BCUT2D eigenvalue weighted by Crippen LogP contribution is -2.23. The van der Waals surface area contributed by atoms with Crippen molar-refractivity contribution in [1.82, 2.24) is 14.6 Å². The van der Waals surface area contributed by atoms with Crippen molar-refractivity contribution in [3.63, 3.8) is 0 Å². The van der Waals surface area contributed by atoms with Crippen molar-refractivity contribution in [2.75, 3.05) is 18.0 Å². The Labute approximate surface area is 163 Å². The average Bonchev–Trinajstić information content (AvgIpc) is 3.24. The number of alkyl halides is 1. The van der Waals surface area contributed by atoms with Crippen LogP contribution in [0.25, 0.3) is 5.65 Å². The Morgan fingerprint density at radius 3 is 2.82 bits per heavy atom. The minimum Gasteiger partial charge on any atom is -0.353 e. The van der Waals surface area contributed by atoms with E-state index in [9.17, 15) is 9.18 Å². The zero-order valence-corrected chi connectivity index (χ0v) is 15.9. The molecule has 1 aliphatic carbocycles. The Balaban J connectivity index is 1.39. The average molecular weight is 378 g/mol. The maximum atomic E-state index is 13.8. The predicted octanol–water partition coefficient (Wildman–Crippen LogP) is 3.50. The number of nitrogens with zero attached hydrogens (tertiary/aromatic N) is 4. The number of benzene rings is 1. The van der Waals surface area contributed by atoms with Gasteiger partial charge in [-0.1, -0.05) is 30.3 Å². The molecule has 5 rings (SSSR count). The van der Waals surface area contributed by atoms with Crippen LogP contribution in [0.15, 0.2) is 42.5 Å². The number of aromatic nitrogens is 3. The van der Waals surface area contributed by atoms with Crippen LogP contribution in [0.2, 0.25) is 0 Å². The number of hydrogen-bond donors (Lipinski definition) is 0. The number of rotatable bonds is 5. The van der Waals surface area contributed by atoms with E-state index >= 15 is 0 Å². The van der Waals surface area contributed by atoms with E-state index in [2.05, 4.69) is 22.2 Å². The van der Waals surface area contributed by atoms with Gasteiger partial charge in [0, 0.05) is 31.0 Å². The topological polar surface area (TPSA) is 50.5 Å². The first-order valence-corrected chi connectivity index (χ1v) is 9.91. The number of Topliss-reactive ketones (excluding diaryl/α,β-unsaturated/α-hetero) is 1. The Morgan fingerprint density at radius 1 is 1.25 bits per heavy atom. The molecule has 1 saturated carbocycles. The first-order chi connectivity index (χ1) is 13.6. The van der Waals surface area contributed by atoms with Crippen molar-refractivity contribution in [2.45, 2.75) is 38.3 Å². The summed E-state index contributed by atoms with van der Waals surface area (Å²) in [5, 5.41) is 4.51. The molecule has 144 valence electrons. The van der Waals surface area contributed by atoms with Gasteiger partial charge >= 0.3 is 0 Å². The summed E-state index contributed by atoms with van der Waals surface area (Å²) in [5.74, 6) is 1.48. The highest BCUT2D eigenvalue weighted by Gasteiger charge is 2.43. The van der Waals surface area contributed by atoms with Crippen molar-refractivity contribution >= 4 is 17.2 Å². The SMILES string of the molecule is Cc1cc2nc(CC(=O)C3CC3c3ccccc3)cc(N3CC[C@@H](F)C3)n2n1. The third-order valence-electron chi connectivity index (χ3n) is 5.83. The molecule has 2 fully saturated rings. The van der Waals surface area contributed by atoms with E-state index in [4.69, 9.17) is 0 Å². The third-order valence-corrected chi connectivity index (χ3v) is 5.83. The summed E-state index contributed by atoms with van der Waals surface area (Å²) < 4.78 is 15.5. The molecule has 1 aliphatic heterocycles. The van der Waals surface area contributed by atoms with E-state index in [0.717, 1.165) is 29.3 Å². The van der Waals surface area contributed by atoms with Crippen LogP contribution in [0.5, 0.6) is 0 Å². The Hall–Kier alpha value is -2.76. The van der Waals surface area contributed by atoms with Crippen molar-refractivity contribution in [2.24, 2.45) is 5.92 Å². The normalized spacial score (nSPS) is 24.1. The van der Waals surface area contributed by atoms with Gasteiger partial charge in [-0.15, -0.1) is 0 Å². The number of ketones is 1. The first-order valence-electron chi connectivity index (χ1n) is 9.91. The Morgan fingerprint density at radius 2 is 2.07 bits per heavy atom. The quantitative estimate of drug-likeness (QED) is 0.682. The van der Waals surface area contributed by atoms with E-state index < -0.39 is 6.17 Å². The van der Waals surface area contributed by atoms with E-state index in [1.165, 1.54) is 5.56 Å². The molecule has 0 spiro atoms. The lowest BCUT2D eigenvalue weighted by Gasteiger charge is -2.19. The van der Waals surface area contributed by atoms with Gasteiger partial charge in [0.05, 0.1) is 17.9 Å². The Bertz CT molecular complexity index is 1030. The number of hydrogen-bond acceptors (Lipinski definition) is 4. The van der Waals surface area contributed by atoms with Gasteiger partial charge in [0.25, 0.3) is 0 Å². The fourth-order valence-corrected chi connectivity index (χ4v) is 4.29. The van der Waals surface area contributed by atoms with E-state index in [0.29, 0.717) is 31.8 Å². The second-order valence-electron chi connectivity index (χ2n) is 8.00. The minimum absolute atomic E-state index is 0.0810. The van der Waals surface area contributed by atoms with Gasteiger partial charge in [-0.2, -0.15) is 9.61 Å². The molecular formula is C22H23FN4O. The van der Waals surface area contributed by atoms with E-state index in [1.54, 1.807) is 4.52 Å². The van der Waals surface area contributed by atoms with Crippen molar-refractivity contribution in [3.8, 4) is 0 Å². The third kappa shape index (κ3) is 3.17. The lowest BCUT2D eigenvalue weighted by molar-refractivity contribution is -0.119. The number of halogens is 1. The second-order valence-corrected chi connectivity index (χ2v) is 8.00. The van der Waals surface area contributed by atoms with Gasteiger partial charge in [-0.3, -0.25) is 4.79 Å². The summed E-state index contributed by atoms with van der Waals surface area (Å²) in [6.07, 6.45) is 0.941. The maximum absolute atomic E-state index is 13.8. The second kappa shape index (κ2) is 6.69. The van der Waals surface area contributed by atoms with Crippen molar-refractivity contribution < 1.29 is 9.18 Å². The van der Waals surface area contributed by atoms with Gasteiger partial charge < -0.3 is 4.90 Å². The van der Waals surface area contributed by atoms with E-state index in [1.807, 2.05) is 42.2 Å². The van der Waals surface area contributed by atoms with Crippen molar-refractivity contribution in [1.29, 1.82) is 0 Å². The molecule has 28 heavy (non-hydrogen) atoms. The number of aryl methyl sites for hydroxylation is 1. The molecule has 0 bridgehead atoms. The standard InChI is InChI=1S/C22H23FN4O/c1-14-9-21-24-17(11-22(27(21)25-14)26-8-7-16(23)13-26)10-20(28)19-12-18(19)15-5-3-2-4-6-15/h2-6,9,11,16,18-19H,7-8,10,12-13H2,1H3/t16-,18?,19?/m1/s1. The molecule has 5 nitrogen and oxygen atoms in total. The molecule has 2 aromatic heterocycles. The summed E-state index contributed by atoms with van der Waals surface area (Å²) in [6, 6.07) is 14.0. The van der Waals surface area contributed by atoms with Gasteiger partial charge in [-0.25, -0.2) is 9.37 Å². The van der Waals surface area contributed by atoms with Crippen LogP contribution in [0.1, 0.15) is 35.7 Å². The fourth-order valence-electron chi connectivity index (χ4n) is 4.29. The lowest BCUT2D eigenvalue weighted by atomic mass is 10.1. The van der Waals surface area contributed by atoms with Crippen LogP contribution in [0.4, 0.5) is 10.2 Å². The zero-order valence-electron chi connectivity index (χ0n) is 15.9. The van der Waals surface area contributed by atoms with Crippen LogP contribution in [0.3, 0.4) is 0 Å². The van der Waals surface area contributed by atoms with Gasteiger partial charge in [0.2, 0.25) is 0 Å². The van der Waals surface area contributed by atoms with Crippen LogP contribution in [-0.2, 0) is 11.2 Å².